The minimum atomic E-state index is 1.15. The largest absolute Gasteiger partial charge is 0.0819 e. The minimum Gasteiger partial charge on any atom is -0.0819 e. The van der Waals surface area contributed by atoms with E-state index < -0.39 is 0 Å². The maximum absolute atomic E-state index is 2.19. The molecule has 0 unspecified atom stereocenters. The van der Waals surface area contributed by atoms with E-state index in [9.17, 15) is 0 Å². The summed E-state index contributed by atoms with van der Waals surface area (Å²) >= 11 is 0. The summed E-state index contributed by atoms with van der Waals surface area (Å²) in [4.78, 5) is 0. The maximum atomic E-state index is 2.19. The van der Waals surface area contributed by atoms with Crippen LogP contribution >= 0.6 is 0 Å². The third-order valence-electron chi connectivity index (χ3n) is 1.20. The Balaban J connectivity index is 3.26. The van der Waals surface area contributed by atoms with Gasteiger partial charge >= 0.3 is 0 Å². The van der Waals surface area contributed by atoms with Crippen molar-refractivity contribution in [3.8, 4) is 0 Å². The molecule has 0 saturated heterocycles. The van der Waals surface area contributed by atoms with Gasteiger partial charge in [0.1, 0.15) is 0 Å². The molecule has 0 heteroatoms. The summed E-state index contributed by atoms with van der Waals surface area (Å²) in [6.45, 7) is 6.49. The first kappa shape index (κ1) is 7.74. The van der Waals surface area contributed by atoms with Crippen LogP contribution in [-0.4, -0.2) is 0 Å². The van der Waals surface area contributed by atoms with Gasteiger partial charge in [0.2, 0.25) is 0 Å². The van der Waals surface area contributed by atoms with Gasteiger partial charge in [-0.2, -0.15) is 0 Å². The second-order valence-corrected chi connectivity index (χ2v) is 2.01. The first-order chi connectivity index (χ1) is 3.81. The Hall–Kier alpha value is -0.260. The summed E-state index contributed by atoms with van der Waals surface area (Å²) in [7, 11) is 0. The summed E-state index contributed by atoms with van der Waals surface area (Å²) in [5.74, 6) is 0. The highest BCUT2D eigenvalue weighted by Crippen LogP contribution is 1.99. The summed E-state index contributed by atoms with van der Waals surface area (Å²) in [5.41, 5.74) is 1.46. The van der Waals surface area contributed by atoms with Gasteiger partial charge < -0.3 is 0 Å². The van der Waals surface area contributed by atoms with Crippen LogP contribution in [0.1, 0.15) is 33.6 Å². The van der Waals surface area contributed by atoms with Crippen LogP contribution in [0.4, 0.5) is 0 Å². The van der Waals surface area contributed by atoms with Gasteiger partial charge in [0.15, 0.2) is 0 Å². The van der Waals surface area contributed by atoms with Gasteiger partial charge in [-0.25, -0.2) is 0 Å². The Labute approximate surface area is 52.6 Å². The SMILES string of the molecule is CC[CH]C=C(C)CC. The van der Waals surface area contributed by atoms with Crippen LogP contribution in [0.3, 0.4) is 0 Å². The molecule has 47 valence electrons. The normalized spacial score (nSPS) is 12.1. The third-order valence-corrected chi connectivity index (χ3v) is 1.20. The topological polar surface area (TPSA) is 0 Å². The zero-order valence-corrected chi connectivity index (χ0v) is 6.07. The van der Waals surface area contributed by atoms with Gasteiger partial charge in [0.05, 0.1) is 0 Å². The molecular formula is C8H15. The van der Waals surface area contributed by atoms with Gasteiger partial charge in [-0.1, -0.05) is 25.5 Å². The van der Waals surface area contributed by atoms with Crippen LogP contribution in [0.2, 0.25) is 0 Å². The standard InChI is InChI=1S/C8H15/c1-4-6-7-8(3)5-2/h6-7H,4-5H2,1-3H3. The molecule has 0 aliphatic heterocycles. The Kier molecular flexibility index (Phi) is 4.73. The summed E-state index contributed by atoms with van der Waals surface area (Å²) in [6, 6.07) is 0. The van der Waals surface area contributed by atoms with Crippen LogP contribution in [-0.2, 0) is 0 Å². The van der Waals surface area contributed by atoms with Gasteiger partial charge in [-0.05, 0) is 26.2 Å². The van der Waals surface area contributed by atoms with E-state index in [0.717, 1.165) is 6.42 Å². The van der Waals surface area contributed by atoms with Gasteiger partial charge in [0.25, 0.3) is 0 Å². The zero-order chi connectivity index (χ0) is 6.41. The first-order valence-corrected chi connectivity index (χ1v) is 3.30. The molecule has 1 radical (unpaired) electrons. The fourth-order valence-corrected chi connectivity index (χ4v) is 0.437. The minimum absolute atomic E-state index is 1.15. The van der Waals surface area contributed by atoms with Gasteiger partial charge in [0, 0.05) is 0 Å². The van der Waals surface area contributed by atoms with Crippen molar-refractivity contribution in [1.82, 2.24) is 0 Å². The highest BCUT2D eigenvalue weighted by atomic mass is 13.9. The molecule has 0 fully saturated rings. The average molecular weight is 111 g/mol. The molecule has 0 saturated carbocycles. The molecule has 0 N–H and O–H groups in total. The predicted molar refractivity (Wildman–Crippen MR) is 38.6 cm³/mol. The number of hydrogen-bond donors (Lipinski definition) is 0. The number of rotatable bonds is 3. The van der Waals surface area contributed by atoms with Crippen molar-refractivity contribution in [2.24, 2.45) is 0 Å². The highest BCUT2D eigenvalue weighted by Gasteiger charge is 1.80. The first-order valence-electron chi connectivity index (χ1n) is 3.30. The van der Waals surface area contributed by atoms with E-state index in [1.807, 2.05) is 0 Å². The Bertz CT molecular complexity index is 70.1. The molecule has 0 aliphatic carbocycles. The van der Waals surface area contributed by atoms with E-state index in [2.05, 4.69) is 33.3 Å². The molecule has 0 aromatic heterocycles. The van der Waals surface area contributed by atoms with Crippen molar-refractivity contribution in [3.63, 3.8) is 0 Å². The van der Waals surface area contributed by atoms with Crippen molar-refractivity contribution in [2.75, 3.05) is 0 Å². The molecule has 0 nitrogen and oxygen atoms in total. The smallest absolute Gasteiger partial charge is 0.0171 e. The monoisotopic (exact) mass is 111 g/mol. The van der Waals surface area contributed by atoms with E-state index in [1.165, 1.54) is 12.0 Å². The predicted octanol–water partition coefficient (Wildman–Crippen LogP) is 2.96. The lowest BCUT2D eigenvalue weighted by Gasteiger charge is -1.90. The molecule has 0 heterocycles. The Morgan fingerprint density at radius 3 is 2.38 bits per heavy atom. The molecule has 8 heavy (non-hydrogen) atoms. The van der Waals surface area contributed by atoms with Gasteiger partial charge in [-0.15, -0.1) is 0 Å². The molecule has 0 atom stereocenters. The van der Waals surface area contributed by atoms with Crippen LogP contribution < -0.4 is 0 Å². The molecule has 0 rings (SSSR count). The van der Waals surface area contributed by atoms with E-state index in [0.29, 0.717) is 0 Å². The van der Waals surface area contributed by atoms with E-state index in [-0.39, 0.29) is 0 Å². The number of unbranched alkanes of at least 4 members (excludes halogenated alkanes) is 1. The van der Waals surface area contributed by atoms with Crippen LogP contribution in [0.15, 0.2) is 11.6 Å². The lowest BCUT2D eigenvalue weighted by Crippen LogP contribution is -1.71. The van der Waals surface area contributed by atoms with Crippen LogP contribution in [0.25, 0.3) is 0 Å². The maximum Gasteiger partial charge on any atom is -0.0171 e. The molecule has 0 bridgehead atoms. The van der Waals surface area contributed by atoms with E-state index in [4.69, 9.17) is 0 Å². The van der Waals surface area contributed by atoms with Crippen molar-refractivity contribution in [2.45, 2.75) is 33.6 Å². The van der Waals surface area contributed by atoms with Crippen molar-refractivity contribution in [1.29, 1.82) is 0 Å². The van der Waals surface area contributed by atoms with Crippen LogP contribution in [0.5, 0.6) is 0 Å². The lowest BCUT2D eigenvalue weighted by atomic mass is 10.2. The van der Waals surface area contributed by atoms with Crippen molar-refractivity contribution < 1.29 is 0 Å². The molecule has 0 spiro atoms. The summed E-state index contributed by atoms with van der Waals surface area (Å²) in [6.07, 6.45) is 6.71. The molecule has 0 aliphatic rings. The van der Waals surface area contributed by atoms with Crippen LogP contribution in [0, 0.1) is 6.42 Å². The van der Waals surface area contributed by atoms with Crippen molar-refractivity contribution in [3.05, 3.63) is 18.1 Å². The highest BCUT2D eigenvalue weighted by molar-refractivity contribution is 5.04. The molecule has 0 aromatic rings. The second kappa shape index (κ2) is 4.89. The summed E-state index contributed by atoms with van der Waals surface area (Å²) in [5, 5.41) is 0. The van der Waals surface area contributed by atoms with E-state index >= 15 is 0 Å². The quantitative estimate of drug-likeness (QED) is 0.525. The summed E-state index contributed by atoms with van der Waals surface area (Å²) < 4.78 is 0. The van der Waals surface area contributed by atoms with Crippen molar-refractivity contribution >= 4 is 0 Å². The fraction of sp³-hybridized carbons (Fsp3) is 0.625. The van der Waals surface area contributed by atoms with Gasteiger partial charge in [-0.3, -0.25) is 0 Å². The molecule has 0 amide bonds. The molecule has 0 aromatic carbocycles. The second-order valence-electron chi connectivity index (χ2n) is 2.01. The third kappa shape index (κ3) is 3.91. The number of hydrogen-bond acceptors (Lipinski definition) is 0. The zero-order valence-electron chi connectivity index (χ0n) is 6.07. The average Bonchev–Trinajstić information content (AvgIpc) is 1.83. The molecular weight excluding hydrogens is 96.1 g/mol. The lowest BCUT2D eigenvalue weighted by molar-refractivity contribution is 1.07. The van der Waals surface area contributed by atoms with E-state index in [1.54, 1.807) is 0 Å². The fourth-order valence-electron chi connectivity index (χ4n) is 0.437. The number of allylic oxidation sites excluding steroid dienone is 2. The Morgan fingerprint density at radius 1 is 1.38 bits per heavy atom. The Morgan fingerprint density at radius 2 is 2.00 bits per heavy atom.